The summed E-state index contributed by atoms with van der Waals surface area (Å²) in [6, 6.07) is 19.3. The molecule has 0 unspecified atom stereocenters. The van der Waals surface area contributed by atoms with Crippen LogP contribution in [0.1, 0.15) is 27.3 Å². The lowest BCUT2D eigenvalue weighted by Crippen LogP contribution is -2.50. The largest absolute Gasteiger partial charge is 0.394 e. The number of aromatic nitrogens is 2. The number of nitrogens with zero attached hydrogens (tertiary/aromatic N) is 4. The molecule has 0 fully saturated rings. The average molecular weight is 511 g/mol. The molecule has 0 spiro atoms. The van der Waals surface area contributed by atoms with Gasteiger partial charge >= 0.3 is 0 Å². The molecular formula is C27H34N4O6. The van der Waals surface area contributed by atoms with Gasteiger partial charge in [0.25, 0.3) is 5.91 Å². The van der Waals surface area contributed by atoms with Gasteiger partial charge in [-0.3, -0.25) is 19.7 Å². The summed E-state index contributed by atoms with van der Waals surface area (Å²) in [6.45, 7) is 0.775. The first kappa shape index (κ1) is 28.3. The molecule has 37 heavy (non-hydrogen) atoms. The Labute approximate surface area is 216 Å². The SMILES string of the molecule is CN(C[C@H](O)[C@@H](O)[C@H](O)[C@H](O)CO)C(=O)c1ccc(CN(Cc2ccccc2)Cc2ccccn2)nc1. The first-order chi connectivity index (χ1) is 17.8. The summed E-state index contributed by atoms with van der Waals surface area (Å²) in [5, 5.41) is 48.3. The van der Waals surface area contributed by atoms with E-state index < -0.39 is 36.9 Å². The van der Waals surface area contributed by atoms with Gasteiger partial charge in [0, 0.05) is 45.6 Å². The summed E-state index contributed by atoms with van der Waals surface area (Å²) in [6.07, 6.45) is -3.42. The standard InChI is InChI=1S/C27H34N4O6/c1-30(17-23(33)25(35)26(36)24(34)18-32)27(37)20-10-11-22(29-13-20)16-31(14-19-7-3-2-4-8-19)15-21-9-5-6-12-28-21/h2-13,23-26,32-36H,14-18H2,1H3/t23-,24+,25+,26+/m0/s1. The maximum atomic E-state index is 12.8. The monoisotopic (exact) mass is 510 g/mol. The average Bonchev–Trinajstić information content (AvgIpc) is 2.92. The van der Waals surface area contributed by atoms with E-state index in [4.69, 9.17) is 5.11 Å². The lowest BCUT2D eigenvalue weighted by atomic mass is 10.0. The summed E-state index contributed by atoms with van der Waals surface area (Å²) < 4.78 is 0. The van der Waals surface area contributed by atoms with Crippen LogP contribution in [0.5, 0.6) is 0 Å². The third-order valence-electron chi connectivity index (χ3n) is 5.95. The molecule has 0 aliphatic heterocycles. The second-order valence-corrected chi connectivity index (χ2v) is 8.97. The summed E-state index contributed by atoms with van der Waals surface area (Å²) in [4.78, 5) is 25.1. The lowest BCUT2D eigenvalue weighted by molar-refractivity contribution is -0.117. The molecule has 3 rings (SSSR count). The van der Waals surface area contributed by atoms with Crippen molar-refractivity contribution >= 4 is 5.91 Å². The van der Waals surface area contributed by atoms with Crippen molar-refractivity contribution in [1.29, 1.82) is 0 Å². The second kappa shape index (κ2) is 13.9. The first-order valence-corrected chi connectivity index (χ1v) is 12.0. The molecule has 1 aromatic carbocycles. The molecule has 0 bridgehead atoms. The Morgan fingerprint density at radius 2 is 1.46 bits per heavy atom. The smallest absolute Gasteiger partial charge is 0.255 e. The van der Waals surface area contributed by atoms with Crippen molar-refractivity contribution < 1.29 is 30.3 Å². The van der Waals surface area contributed by atoms with Crippen molar-refractivity contribution in [3.8, 4) is 0 Å². The fourth-order valence-corrected chi connectivity index (χ4v) is 3.86. The van der Waals surface area contributed by atoms with E-state index in [0.29, 0.717) is 25.2 Å². The van der Waals surface area contributed by atoms with Gasteiger partial charge in [0.15, 0.2) is 0 Å². The van der Waals surface area contributed by atoms with Crippen molar-refractivity contribution in [2.24, 2.45) is 0 Å². The van der Waals surface area contributed by atoms with Crippen molar-refractivity contribution in [1.82, 2.24) is 19.8 Å². The minimum absolute atomic E-state index is 0.295. The fraction of sp³-hybridized carbons (Fsp3) is 0.370. The summed E-state index contributed by atoms with van der Waals surface area (Å²) >= 11 is 0. The molecule has 0 radical (unpaired) electrons. The number of hydrogen-bond donors (Lipinski definition) is 5. The molecule has 3 aromatic rings. The second-order valence-electron chi connectivity index (χ2n) is 8.97. The Balaban J connectivity index is 1.63. The quantitative estimate of drug-likeness (QED) is 0.217. The molecule has 0 aliphatic rings. The van der Waals surface area contributed by atoms with E-state index in [-0.39, 0.29) is 6.54 Å². The number of aliphatic hydroxyl groups is 5. The van der Waals surface area contributed by atoms with Crippen LogP contribution in [0.25, 0.3) is 0 Å². The molecule has 0 aliphatic carbocycles. The maximum Gasteiger partial charge on any atom is 0.255 e. The van der Waals surface area contributed by atoms with Gasteiger partial charge in [-0.15, -0.1) is 0 Å². The van der Waals surface area contributed by atoms with E-state index in [1.807, 2.05) is 36.4 Å². The van der Waals surface area contributed by atoms with E-state index >= 15 is 0 Å². The highest BCUT2D eigenvalue weighted by molar-refractivity contribution is 5.93. The van der Waals surface area contributed by atoms with Crippen LogP contribution in [0, 0.1) is 0 Å². The van der Waals surface area contributed by atoms with E-state index in [1.54, 1.807) is 18.3 Å². The molecule has 10 nitrogen and oxygen atoms in total. The zero-order valence-corrected chi connectivity index (χ0v) is 20.7. The Hall–Kier alpha value is -3.25. The van der Waals surface area contributed by atoms with Gasteiger partial charge in [-0.25, -0.2) is 0 Å². The van der Waals surface area contributed by atoms with Gasteiger partial charge in [-0.2, -0.15) is 0 Å². The fourth-order valence-electron chi connectivity index (χ4n) is 3.86. The number of aliphatic hydroxyl groups excluding tert-OH is 5. The van der Waals surface area contributed by atoms with Crippen LogP contribution in [0.2, 0.25) is 0 Å². The van der Waals surface area contributed by atoms with Gasteiger partial charge in [0.1, 0.15) is 24.4 Å². The Bertz CT molecular complexity index is 1050. The van der Waals surface area contributed by atoms with E-state index in [2.05, 4.69) is 27.0 Å². The maximum absolute atomic E-state index is 12.8. The van der Waals surface area contributed by atoms with Gasteiger partial charge in [-0.1, -0.05) is 36.4 Å². The molecule has 198 valence electrons. The lowest BCUT2D eigenvalue weighted by Gasteiger charge is -2.28. The number of benzene rings is 1. The summed E-state index contributed by atoms with van der Waals surface area (Å²) in [7, 11) is 1.44. The number of carbonyl (C=O) groups excluding carboxylic acids is 1. The number of pyridine rings is 2. The van der Waals surface area contributed by atoms with Crippen LogP contribution in [-0.4, -0.2) is 95.8 Å². The number of amides is 1. The van der Waals surface area contributed by atoms with Crippen molar-refractivity contribution in [2.75, 3.05) is 20.2 Å². The minimum atomic E-state index is -1.76. The Morgan fingerprint density at radius 1 is 0.811 bits per heavy atom. The number of likely N-dealkylation sites (N-methyl/N-ethyl adjacent to an activating group) is 1. The molecule has 4 atom stereocenters. The third-order valence-corrected chi connectivity index (χ3v) is 5.95. The summed E-state index contributed by atoms with van der Waals surface area (Å²) in [5.74, 6) is -0.433. The molecule has 10 heteroatoms. The molecule has 1 amide bonds. The summed E-state index contributed by atoms with van der Waals surface area (Å²) in [5.41, 5.74) is 3.15. The van der Waals surface area contributed by atoms with Crippen molar-refractivity contribution in [2.45, 2.75) is 44.1 Å². The number of hydrogen-bond acceptors (Lipinski definition) is 9. The van der Waals surface area contributed by atoms with Crippen molar-refractivity contribution in [3.05, 3.63) is 95.6 Å². The van der Waals surface area contributed by atoms with Gasteiger partial charge in [0.2, 0.25) is 0 Å². The van der Waals surface area contributed by atoms with E-state index in [1.165, 1.54) is 18.1 Å². The Kier molecular flexibility index (Phi) is 10.6. The highest BCUT2D eigenvalue weighted by Crippen LogP contribution is 2.14. The third kappa shape index (κ3) is 8.39. The molecule has 2 aromatic heterocycles. The minimum Gasteiger partial charge on any atom is -0.394 e. The zero-order chi connectivity index (χ0) is 26.8. The predicted octanol–water partition coefficient (Wildman–Crippen LogP) is 0.187. The molecule has 2 heterocycles. The van der Waals surface area contributed by atoms with Crippen LogP contribution >= 0.6 is 0 Å². The van der Waals surface area contributed by atoms with Crippen LogP contribution in [0.15, 0.2) is 73.1 Å². The normalized spacial score (nSPS) is 14.7. The Morgan fingerprint density at radius 3 is 2.05 bits per heavy atom. The topological polar surface area (TPSA) is 150 Å². The van der Waals surface area contributed by atoms with Crippen LogP contribution in [0.3, 0.4) is 0 Å². The predicted molar refractivity (Wildman–Crippen MR) is 136 cm³/mol. The van der Waals surface area contributed by atoms with E-state index in [0.717, 1.165) is 17.0 Å². The van der Waals surface area contributed by atoms with Gasteiger partial charge in [0.05, 0.1) is 23.6 Å². The van der Waals surface area contributed by atoms with E-state index in [9.17, 15) is 25.2 Å². The van der Waals surface area contributed by atoms with Gasteiger partial charge < -0.3 is 30.4 Å². The number of carbonyl (C=O) groups is 1. The molecule has 5 N–H and O–H groups in total. The van der Waals surface area contributed by atoms with Crippen LogP contribution in [-0.2, 0) is 19.6 Å². The number of rotatable bonds is 13. The highest BCUT2D eigenvalue weighted by Gasteiger charge is 2.31. The molecule has 0 saturated carbocycles. The van der Waals surface area contributed by atoms with Crippen LogP contribution < -0.4 is 0 Å². The van der Waals surface area contributed by atoms with Crippen LogP contribution in [0.4, 0.5) is 0 Å². The van der Waals surface area contributed by atoms with Crippen molar-refractivity contribution in [3.63, 3.8) is 0 Å². The van der Waals surface area contributed by atoms with Gasteiger partial charge in [-0.05, 0) is 29.8 Å². The molecular weight excluding hydrogens is 476 g/mol. The molecule has 0 saturated heterocycles. The highest BCUT2D eigenvalue weighted by atomic mass is 16.4. The first-order valence-electron chi connectivity index (χ1n) is 12.0. The zero-order valence-electron chi connectivity index (χ0n) is 20.7.